The van der Waals surface area contributed by atoms with E-state index in [-0.39, 0.29) is 6.61 Å². The van der Waals surface area contributed by atoms with Crippen LogP contribution in [0.3, 0.4) is 0 Å². The van der Waals surface area contributed by atoms with E-state index in [2.05, 4.69) is 9.47 Å². The Morgan fingerprint density at radius 2 is 2.50 bits per heavy atom. The van der Waals surface area contributed by atoms with Crippen molar-refractivity contribution in [1.82, 2.24) is 0 Å². The summed E-state index contributed by atoms with van der Waals surface area (Å²) in [5.41, 5.74) is 0. The van der Waals surface area contributed by atoms with Crippen LogP contribution < -0.4 is 0 Å². The van der Waals surface area contributed by atoms with Crippen LogP contribution in [0, 0.1) is 0 Å². The number of hydrogen-bond donors (Lipinski definition) is 0. The Hall–Kier alpha value is -0.800. The van der Waals surface area contributed by atoms with E-state index in [0.717, 1.165) is 6.26 Å². The van der Waals surface area contributed by atoms with E-state index < -0.39 is 12.4 Å². The maximum atomic E-state index is 11.8. The van der Waals surface area contributed by atoms with Crippen molar-refractivity contribution in [2.24, 2.45) is 0 Å². The van der Waals surface area contributed by atoms with Gasteiger partial charge >= 0.3 is 6.01 Å². The van der Waals surface area contributed by atoms with E-state index in [1.54, 1.807) is 0 Å². The summed E-state index contributed by atoms with van der Waals surface area (Å²) in [5.74, 6) is 0. The van der Waals surface area contributed by atoms with Gasteiger partial charge in [0.1, 0.15) is 0 Å². The van der Waals surface area contributed by atoms with Crippen LogP contribution in [-0.2, 0) is 9.47 Å². The molecular formula is C4H4F2O2. The molecule has 1 heterocycles. The Bertz CT molecular complexity index is 113. The SMILES string of the molecule is FC1=COCC(F)O1. The second-order valence-corrected chi connectivity index (χ2v) is 1.28. The average molecular weight is 122 g/mol. The molecule has 0 radical (unpaired) electrons. The van der Waals surface area contributed by atoms with Crippen LogP contribution in [0.1, 0.15) is 0 Å². The van der Waals surface area contributed by atoms with Crippen molar-refractivity contribution < 1.29 is 18.3 Å². The number of ether oxygens (including phenoxy) is 2. The predicted molar refractivity (Wildman–Crippen MR) is 21.1 cm³/mol. The number of halogens is 2. The first-order chi connectivity index (χ1) is 3.79. The van der Waals surface area contributed by atoms with Crippen LogP contribution >= 0.6 is 0 Å². The molecule has 0 aromatic heterocycles. The summed E-state index contributed by atoms with van der Waals surface area (Å²) in [5, 5.41) is 0. The molecule has 1 aliphatic heterocycles. The predicted octanol–water partition coefficient (Wildman–Crippen LogP) is 1.10. The molecular weight excluding hydrogens is 118 g/mol. The summed E-state index contributed by atoms with van der Waals surface area (Å²) < 4.78 is 31.7. The highest BCUT2D eigenvalue weighted by Gasteiger charge is 2.14. The van der Waals surface area contributed by atoms with Crippen LogP contribution in [0.4, 0.5) is 8.78 Å². The first-order valence-electron chi connectivity index (χ1n) is 2.07. The van der Waals surface area contributed by atoms with Gasteiger partial charge in [-0.15, -0.1) is 0 Å². The molecule has 0 aromatic rings. The van der Waals surface area contributed by atoms with Crippen molar-refractivity contribution in [3.63, 3.8) is 0 Å². The topological polar surface area (TPSA) is 18.5 Å². The van der Waals surface area contributed by atoms with E-state index >= 15 is 0 Å². The molecule has 0 amide bonds. The van der Waals surface area contributed by atoms with E-state index in [1.807, 2.05) is 0 Å². The van der Waals surface area contributed by atoms with Gasteiger partial charge in [0.25, 0.3) is 6.36 Å². The van der Waals surface area contributed by atoms with Gasteiger partial charge in [-0.2, -0.15) is 8.78 Å². The van der Waals surface area contributed by atoms with Gasteiger partial charge in [0.15, 0.2) is 12.9 Å². The summed E-state index contributed by atoms with van der Waals surface area (Å²) in [6.07, 6.45) is -0.921. The molecule has 0 saturated heterocycles. The molecule has 2 nitrogen and oxygen atoms in total. The standard InChI is InChI=1S/C4H4F2O2/c5-3-1-7-2-4(6)8-3/h1,4H,2H2. The van der Waals surface area contributed by atoms with E-state index in [9.17, 15) is 8.78 Å². The zero-order chi connectivity index (χ0) is 5.98. The summed E-state index contributed by atoms with van der Waals surface area (Å²) >= 11 is 0. The lowest BCUT2D eigenvalue weighted by Crippen LogP contribution is -2.15. The minimum Gasteiger partial charge on any atom is -0.488 e. The smallest absolute Gasteiger partial charge is 0.310 e. The molecule has 0 fully saturated rings. The average Bonchev–Trinajstić information content (AvgIpc) is 1.64. The van der Waals surface area contributed by atoms with Crippen molar-refractivity contribution in [3.05, 3.63) is 12.3 Å². The Labute approximate surface area is 44.7 Å². The lowest BCUT2D eigenvalue weighted by atomic mass is 10.7. The molecule has 0 spiro atoms. The third kappa shape index (κ3) is 1.08. The fourth-order valence-corrected chi connectivity index (χ4v) is 0.373. The van der Waals surface area contributed by atoms with E-state index in [1.165, 1.54) is 0 Å². The van der Waals surface area contributed by atoms with Gasteiger partial charge in [0.2, 0.25) is 0 Å². The lowest BCUT2D eigenvalue weighted by Gasteiger charge is -2.12. The minimum absolute atomic E-state index is 0.229. The molecule has 0 N–H and O–H groups in total. The zero-order valence-corrected chi connectivity index (χ0v) is 3.93. The molecule has 1 rings (SSSR count). The Morgan fingerprint density at radius 1 is 1.75 bits per heavy atom. The molecule has 1 unspecified atom stereocenters. The molecule has 0 bridgehead atoms. The molecule has 4 heteroatoms. The van der Waals surface area contributed by atoms with Crippen molar-refractivity contribution in [1.29, 1.82) is 0 Å². The van der Waals surface area contributed by atoms with Gasteiger partial charge < -0.3 is 9.47 Å². The first-order valence-corrected chi connectivity index (χ1v) is 2.07. The molecule has 8 heavy (non-hydrogen) atoms. The van der Waals surface area contributed by atoms with Crippen molar-refractivity contribution >= 4 is 0 Å². The van der Waals surface area contributed by atoms with Crippen molar-refractivity contribution in [2.45, 2.75) is 6.36 Å². The van der Waals surface area contributed by atoms with Crippen LogP contribution in [0.5, 0.6) is 0 Å². The second-order valence-electron chi connectivity index (χ2n) is 1.28. The highest BCUT2D eigenvalue weighted by Crippen LogP contribution is 2.11. The monoisotopic (exact) mass is 122 g/mol. The summed E-state index contributed by atoms with van der Waals surface area (Å²) in [6, 6.07) is -1.01. The Kier molecular flexibility index (Phi) is 1.32. The Balaban J connectivity index is 2.45. The molecule has 1 aliphatic rings. The number of rotatable bonds is 0. The maximum Gasteiger partial charge on any atom is 0.310 e. The zero-order valence-electron chi connectivity index (χ0n) is 3.93. The van der Waals surface area contributed by atoms with Gasteiger partial charge in [-0.3, -0.25) is 0 Å². The molecule has 0 aliphatic carbocycles. The highest BCUT2D eigenvalue weighted by molar-refractivity contribution is 4.77. The largest absolute Gasteiger partial charge is 0.488 e. The van der Waals surface area contributed by atoms with Gasteiger partial charge in [-0.1, -0.05) is 0 Å². The van der Waals surface area contributed by atoms with E-state index in [0.29, 0.717) is 0 Å². The third-order valence-corrected chi connectivity index (χ3v) is 0.644. The van der Waals surface area contributed by atoms with Crippen molar-refractivity contribution in [3.8, 4) is 0 Å². The lowest BCUT2D eigenvalue weighted by molar-refractivity contribution is -0.0894. The third-order valence-electron chi connectivity index (χ3n) is 0.644. The number of hydrogen-bond acceptors (Lipinski definition) is 2. The maximum absolute atomic E-state index is 11.8. The number of alkyl halides is 1. The molecule has 46 valence electrons. The molecule has 0 saturated carbocycles. The fraction of sp³-hybridized carbons (Fsp3) is 0.500. The van der Waals surface area contributed by atoms with Gasteiger partial charge in [-0.05, 0) is 0 Å². The van der Waals surface area contributed by atoms with Crippen LogP contribution in [0.25, 0.3) is 0 Å². The highest BCUT2D eigenvalue weighted by atomic mass is 19.2. The second kappa shape index (κ2) is 1.98. The van der Waals surface area contributed by atoms with Crippen LogP contribution in [0.15, 0.2) is 12.3 Å². The summed E-state index contributed by atoms with van der Waals surface area (Å²) in [7, 11) is 0. The first kappa shape index (κ1) is 5.34. The normalized spacial score (nSPS) is 27.8. The Morgan fingerprint density at radius 3 is 2.88 bits per heavy atom. The van der Waals surface area contributed by atoms with Gasteiger partial charge in [0, 0.05) is 0 Å². The van der Waals surface area contributed by atoms with Gasteiger partial charge in [-0.25, -0.2) is 0 Å². The molecule has 1 atom stereocenters. The molecule has 0 aromatic carbocycles. The van der Waals surface area contributed by atoms with Crippen LogP contribution in [0.2, 0.25) is 0 Å². The van der Waals surface area contributed by atoms with E-state index in [4.69, 9.17) is 0 Å². The minimum atomic E-state index is -1.65. The van der Waals surface area contributed by atoms with Crippen LogP contribution in [-0.4, -0.2) is 13.0 Å². The summed E-state index contributed by atoms with van der Waals surface area (Å²) in [6.45, 7) is -0.229. The fourth-order valence-electron chi connectivity index (χ4n) is 0.373. The van der Waals surface area contributed by atoms with Gasteiger partial charge in [0.05, 0.1) is 0 Å². The summed E-state index contributed by atoms with van der Waals surface area (Å²) in [4.78, 5) is 0. The quantitative estimate of drug-likeness (QED) is 0.479. The van der Waals surface area contributed by atoms with Crippen molar-refractivity contribution in [2.75, 3.05) is 6.61 Å².